The zero-order chi connectivity index (χ0) is 12.1. The molecule has 84 valence electrons. The molecule has 2 rings (SSSR count). The van der Waals surface area contributed by atoms with Crippen LogP contribution in [0.15, 0.2) is 54.6 Å². The van der Waals surface area contributed by atoms with E-state index in [0.29, 0.717) is 5.46 Å². The molecule has 0 aliphatic carbocycles. The molecule has 0 saturated heterocycles. The van der Waals surface area contributed by atoms with Crippen LogP contribution < -0.4 is 5.46 Å². The second-order valence-electron chi connectivity index (χ2n) is 3.75. The van der Waals surface area contributed by atoms with E-state index in [1.165, 1.54) is 0 Å². The molecule has 0 unspecified atom stereocenters. The van der Waals surface area contributed by atoms with Crippen LogP contribution in [0, 0.1) is 0 Å². The Morgan fingerprint density at radius 1 is 0.765 bits per heavy atom. The standard InChI is InChI=1S/C14H13BO2/c16-15(17)14-9-5-4-8-13(14)11-10-12-6-2-1-3-7-12/h1-11,16-17H. The molecule has 0 spiro atoms. The molecule has 0 heterocycles. The van der Waals surface area contributed by atoms with Crippen molar-refractivity contribution < 1.29 is 10.0 Å². The Morgan fingerprint density at radius 2 is 1.41 bits per heavy atom. The molecule has 0 bridgehead atoms. The number of rotatable bonds is 3. The molecule has 0 radical (unpaired) electrons. The van der Waals surface area contributed by atoms with Gasteiger partial charge in [-0.05, 0) is 16.6 Å². The monoisotopic (exact) mass is 224 g/mol. The van der Waals surface area contributed by atoms with Crippen LogP contribution in [-0.4, -0.2) is 17.2 Å². The zero-order valence-electron chi connectivity index (χ0n) is 9.32. The van der Waals surface area contributed by atoms with Crippen molar-refractivity contribution in [1.82, 2.24) is 0 Å². The summed E-state index contributed by atoms with van der Waals surface area (Å²) in [6.07, 6.45) is 3.82. The van der Waals surface area contributed by atoms with Crippen molar-refractivity contribution in [3.05, 3.63) is 65.7 Å². The largest absolute Gasteiger partial charge is 0.489 e. The van der Waals surface area contributed by atoms with E-state index in [0.717, 1.165) is 11.1 Å². The molecule has 0 aliphatic heterocycles. The van der Waals surface area contributed by atoms with Crippen molar-refractivity contribution in [1.29, 1.82) is 0 Å². The lowest BCUT2D eigenvalue weighted by Crippen LogP contribution is -2.31. The molecular weight excluding hydrogens is 211 g/mol. The Labute approximate surface area is 101 Å². The predicted octanol–water partition coefficient (Wildman–Crippen LogP) is 1.54. The summed E-state index contributed by atoms with van der Waals surface area (Å²) in [6.45, 7) is 0. The maximum Gasteiger partial charge on any atom is 0.489 e. The lowest BCUT2D eigenvalue weighted by molar-refractivity contribution is 0.425. The fraction of sp³-hybridized carbons (Fsp3) is 0. The number of benzene rings is 2. The Hall–Kier alpha value is -1.84. The fourth-order valence-electron chi connectivity index (χ4n) is 1.65. The van der Waals surface area contributed by atoms with Crippen LogP contribution in [-0.2, 0) is 0 Å². The maximum atomic E-state index is 9.22. The van der Waals surface area contributed by atoms with Crippen molar-refractivity contribution >= 4 is 24.7 Å². The lowest BCUT2D eigenvalue weighted by Gasteiger charge is -2.03. The fourth-order valence-corrected chi connectivity index (χ4v) is 1.65. The molecule has 0 aliphatic rings. The highest BCUT2D eigenvalue weighted by atomic mass is 16.4. The molecule has 0 fully saturated rings. The average Bonchev–Trinajstić information content (AvgIpc) is 2.38. The third kappa shape index (κ3) is 3.06. The van der Waals surface area contributed by atoms with Crippen molar-refractivity contribution in [3.8, 4) is 0 Å². The van der Waals surface area contributed by atoms with Gasteiger partial charge in [-0.1, -0.05) is 66.7 Å². The first-order chi connectivity index (χ1) is 8.27. The Kier molecular flexibility index (Phi) is 3.75. The summed E-state index contributed by atoms with van der Waals surface area (Å²) in [5, 5.41) is 18.4. The zero-order valence-corrected chi connectivity index (χ0v) is 9.32. The molecule has 2 nitrogen and oxygen atoms in total. The van der Waals surface area contributed by atoms with E-state index >= 15 is 0 Å². The first-order valence-corrected chi connectivity index (χ1v) is 5.45. The molecule has 0 aromatic heterocycles. The highest BCUT2D eigenvalue weighted by Crippen LogP contribution is 2.06. The summed E-state index contributed by atoms with van der Waals surface area (Å²) in [6, 6.07) is 17.1. The van der Waals surface area contributed by atoms with Gasteiger partial charge in [0.25, 0.3) is 0 Å². The minimum atomic E-state index is -1.44. The molecule has 3 heteroatoms. The van der Waals surface area contributed by atoms with Gasteiger partial charge in [0.1, 0.15) is 0 Å². The van der Waals surface area contributed by atoms with Gasteiger partial charge in [-0.3, -0.25) is 0 Å². The van der Waals surface area contributed by atoms with Crippen LogP contribution in [0.3, 0.4) is 0 Å². The van der Waals surface area contributed by atoms with E-state index in [2.05, 4.69) is 0 Å². The van der Waals surface area contributed by atoms with Crippen LogP contribution in [0.4, 0.5) is 0 Å². The molecule has 2 N–H and O–H groups in total. The summed E-state index contributed by atoms with van der Waals surface area (Å²) in [7, 11) is -1.44. The van der Waals surface area contributed by atoms with Crippen LogP contribution in [0.1, 0.15) is 11.1 Å². The highest BCUT2D eigenvalue weighted by Gasteiger charge is 2.13. The number of hydrogen-bond acceptors (Lipinski definition) is 2. The van der Waals surface area contributed by atoms with E-state index in [1.54, 1.807) is 12.1 Å². The Morgan fingerprint density at radius 3 is 2.12 bits per heavy atom. The quantitative estimate of drug-likeness (QED) is 0.613. The van der Waals surface area contributed by atoms with E-state index in [-0.39, 0.29) is 0 Å². The SMILES string of the molecule is OB(O)c1ccccc1C=Cc1ccccc1. The van der Waals surface area contributed by atoms with Crippen LogP contribution >= 0.6 is 0 Å². The predicted molar refractivity (Wildman–Crippen MR) is 71.6 cm³/mol. The van der Waals surface area contributed by atoms with Gasteiger partial charge in [0.15, 0.2) is 0 Å². The molecule has 0 amide bonds. The smallest absolute Gasteiger partial charge is 0.423 e. The van der Waals surface area contributed by atoms with Gasteiger partial charge in [0, 0.05) is 0 Å². The van der Waals surface area contributed by atoms with Gasteiger partial charge in [-0.2, -0.15) is 0 Å². The summed E-state index contributed by atoms with van der Waals surface area (Å²) < 4.78 is 0. The van der Waals surface area contributed by atoms with Gasteiger partial charge < -0.3 is 10.0 Å². The van der Waals surface area contributed by atoms with Crippen molar-refractivity contribution in [2.24, 2.45) is 0 Å². The second-order valence-corrected chi connectivity index (χ2v) is 3.75. The van der Waals surface area contributed by atoms with Crippen LogP contribution in [0.2, 0.25) is 0 Å². The third-order valence-corrected chi connectivity index (χ3v) is 2.53. The molecule has 2 aromatic rings. The molecular formula is C14H13BO2. The van der Waals surface area contributed by atoms with E-state index in [9.17, 15) is 10.0 Å². The molecule has 2 aromatic carbocycles. The van der Waals surface area contributed by atoms with Gasteiger partial charge in [-0.25, -0.2) is 0 Å². The second kappa shape index (κ2) is 5.48. The molecule has 17 heavy (non-hydrogen) atoms. The van der Waals surface area contributed by atoms with Gasteiger partial charge in [0.2, 0.25) is 0 Å². The van der Waals surface area contributed by atoms with Gasteiger partial charge in [-0.15, -0.1) is 0 Å². The third-order valence-electron chi connectivity index (χ3n) is 2.53. The topological polar surface area (TPSA) is 40.5 Å². The summed E-state index contributed by atoms with van der Waals surface area (Å²) in [4.78, 5) is 0. The summed E-state index contributed by atoms with van der Waals surface area (Å²) in [5.41, 5.74) is 2.40. The van der Waals surface area contributed by atoms with Crippen molar-refractivity contribution in [2.45, 2.75) is 0 Å². The minimum Gasteiger partial charge on any atom is -0.423 e. The van der Waals surface area contributed by atoms with E-state index in [1.807, 2.05) is 54.6 Å². The maximum absolute atomic E-state index is 9.22. The molecule has 0 atom stereocenters. The Bertz CT molecular complexity index is 507. The van der Waals surface area contributed by atoms with Gasteiger partial charge >= 0.3 is 7.12 Å². The minimum absolute atomic E-state index is 0.514. The summed E-state index contributed by atoms with van der Waals surface area (Å²) in [5.74, 6) is 0. The van der Waals surface area contributed by atoms with Crippen molar-refractivity contribution in [2.75, 3.05) is 0 Å². The first-order valence-electron chi connectivity index (χ1n) is 5.45. The lowest BCUT2D eigenvalue weighted by atomic mass is 9.77. The number of hydrogen-bond donors (Lipinski definition) is 2. The van der Waals surface area contributed by atoms with Gasteiger partial charge in [0.05, 0.1) is 0 Å². The van der Waals surface area contributed by atoms with E-state index in [4.69, 9.17) is 0 Å². The van der Waals surface area contributed by atoms with E-state index < -0.39 is 7.12 Å². The van der Waals surface area contributed by atoms with Crippen LogP contribution in [0.25, 0.3) is 12.2 Å². The van der Waals surface area contributed by atoms with Crippen LogP contribution in [0.5, 0.6) is 0 Å². The normalized spacial score (nSPS) is 10.7. The molecule has 0 saturated carbocycles. The first kappa shape index (κ1) is 11.6. The highest BCUT2D eigenvalue weighted by molar-refractivity contribution is 6.59. The van der Waals surface area contributed by atoms with Crippen molar-refractivity contribution in [3.63, 3.8) is 0 Å². The Balaban J connectivity index is 2.27. The summed E-state index contributed by atoms with van der Waals surface area (Å²) >= 11 is 0. The average molecular weight is 224 g/mol.